The number of hydrogen-bond acceptors (Lipinski definition) is 2. The van der Waals surface area contributed by atoms with Crippen LogP contribution in [-0.4, -0.2) is 31.6 Å². The first-order valence-corrected chi connectivity index (χ1v) is 7.65. The quantitative estimate of drug-likeness (QED) is 0.826. The van der Waals surface area contributed by atoms with Gasteiger partial charge in [0, 0.05) is 31.5 Å². The highest BCUT2D eigenvalue weighted by molar-refractivity contribution is 5.27. The minimum absolute atomic E-state index is 0.0270. The Hall–Kier alpha value is -0.860. The fourth-order valence-corrected chi connectivity index (χ4v) is 4.38. The Bertz CT molecular complexity index is 403. The molecule has 1 aliphatic carbocycles. The lowest BCUT2D eigenvalue weighted by atomic mass is 9.62. The highest BCUT2D eigenvalue weighted by Crippen LogP contribution is 2.51. The van der Waals surface area contributed by atoms with Crippen LogP contribution in [0.4, 0.5) is 0 Å². The maximum atomic E-state index is 6.45. The molecule has 0 aromatic heterocycles. The van der Waals surface area contributed by atoms with Crippen LogP contribution in [0.5, 0.6) is 0 Å². The van der Waals surface area contributed by atoms with E-state index in [4.69, 9.17) is 4.74 Å². The smallest absolute Gasteiger partial charge is 0.101 e. The van der Waals surface area contributed by atoms with Crippen molar-refractivity contribution >= 4 is 0 Å². The number of rotatable bonds is 3. The van der Waals surface area contributed by atoms with Crippen LogP contribution < -0.4 is 0 Å². The van der Waals surface area contributed by atoms with E-state index in [9.17, 15) is 0 Å². The molecule has 2 heteroatoms. The van der Waals surface area contributed by atoms with Gasteiger partial charge in [0.1, 0.15) is 5.60 Å². The van der Waals surface area contributed by atoms with Crippen LogP contribution in [0, 0.1) is 11.8 Å². The van der Waals surface area contributed by atoms with Gasteiger partial charge in [0.25, 0.3) is 0 Å². The molecule has 2 aliphatic rings. The van der Waals surface area contributed by atoms with E-state index < -0.39 is 0 Å². The molecule has 2 atom stereocenters. The van der Waals surface area contributed by atoms with Crippen molar-refractivity contribution < 1.29 is 4.74 Å². The molecule has 2 nitrogen and oxygen atoms in total. The second-order valence-corrected chi connectivity index (χ2v) is 6.14. The number of fused-ring (bicyclic) bond motifs is 2. The minimum Gasteiger partial charge on any atom is -0.370 e. The van der Waals surface area contributed by atoms with E-state index in [1.165, 1.54) is 37.9 Å². The third-order valence-corrected chi connectivity index (χ3v) is 4.99. The van der Waals surface area contributed by atoms with E-state index in [2.05, 4.69) is 49.2 Å². The van der Waals surface area contributed by atoms with E-state index in [-0.39, 0.29) is 5.60 Å². The van der Waals surface area contributed by atoms with E-state index in [1.54, 1.807) is 0 Å². The molecule has 2 unspecified atom stereocenters. The highest BCUT2D eigenvalue weighted by atomic mass is 16.5. The zero-order chi connectivity index (χ0) is 13.3. The van der Waals surface area contributed by atoms with E-state index in [1.807, 2.05) is 0 Å². The molecule has 2 bridgehead atoms. The molecule has 104 valence electrons. The van der Waals surface area contributed by atoms with Gasteiger partial charge in [0.05, 0.1) is 0 Å². The lowest BCUT2D eigenvalue weighted by Crippen LogP contribution is -2.58. The van der Waals surface area contributed by atoms with E-state index in [0.29, 0.717) is 11.8 Å². The van der Waals surface area contributed by atoms with Gasteiger partial charge in [-0.2, -0.15) is 0 Å². The van der Waals surface area contributed by atoms with Crippen LogP contribution in [0.2, 0.25) is 0 Å². The molecule has 1 saturated heterocycles. The topological polar surface area (TPSA) is 12.5 Å². The SMILES string of the molecule is CCOC1(c2ccccc2)C2CCCC1CN(C)C2. The molecule has 1 saturated carbocycles. The maximum Gasteiger partial charge on any atom is 0.101 e. The number of hydrogen-bond donors (Lipinski definition) is 0. The number of benzene rings is 1. The first-order chi connectivity index (χ1) is 9.27. The maximum absolute atomic E-state index is 6.45. The lowest BCUT2D eigenvalue weighted by Gasteiger charge is -2.55. The Morgan fingerprint density at radius 2 is 1.79 bits per heavy atom. The lowest BCUT2D eigenvalue weighted by molar-refractivity contribution is -0.180. The van der Waals surface area contributed by atoms with E-state index >= 15 is 0 Å². The zero-order valence-electron chi connectivity index (χ0n) is 12.1. The fraction of sp³-hybridized carbons (Fsp3) is 0.647. The van der Waals surface area contributed by atoms with Crippen molar-refractivity contribution in [3.05, 3.63) is 35.9 Å². The van der Waals surface area contributed by atoms with Gasteiger partial charge in [-0.05, 0) is 32.4 Å². The Kier molecular flexibility index (Phi) is 3.64. The summed E-state index contributed by atoms with van der Waals surface area (Å²) in [7, 11) is 2.26. The van der Waals surface area contributed by atoms with Gasteiger partial charge < -0.3 is 9.64 Å². The molecule has 1 heterocycles. The Morgan fingerprint density at radius 1 is 1.16 bits per heavy atom. The Labute approximate surface area is 116 Å². The van der Waals surface area contributed by atoms with Crippen LogP contribution >= 0.6 is 0 Å². The summed E-state index contributed by atoms with van der Waals surface area (Å²) in [5, 5.41) is 0. The molecule has 3 rings (SSSR count). The van der Waals surface area contributed by atoms with Crippen molar-refractivity contribution in [1.82, 2.24) is 4.90 Å². The van der Waals surface area contributed by atoms with Crippen molar-refractivity contribution in [2.24, 2.45) is 11.8 Å². The minimum atomic E-state index is -0.0270. The number of ether oxygens (including phenoxy) is 1. The normalized spacial score (nSPS) is 35.3. The van der Waals surface area contributed by atoms with Gasteiger partial charge in [-0.25, -0.2) is 0 Å². The first kappa shape index (κ1) is 13.1. The van der Waals surface area contributed by atoms with Crippen LogP contribution in [0.15, 0.2) is 30.3 Å². The van der Waals surface area contributed by atoms with Crippen molar-refractivity contribution in [3.8, 4) is 0 Å². The van der Waals surface area contributed by atoms with E-state index in [0.717, 1.165) is 6.61 Å². The van der Waals surface area contributed by atoms with Gasteiger partial charge in [-0.15, -0.1) is 0 Å². The highest BCUT2D eigenvalue weighted by Gasteiger charge is 2.52. The third kappa shape index (κ3) is 2.11. The van der Waals surface area contributed by atoms with Gasteiger partial charge in [0.2, 0.25) is 0 Å². The molecule has 0 N–H and O–H groups in total. The van der Waals surface area contributed by atoms with Crippen LogP contribution in [0.3, 0.4) is 0 Å². The van der Waals surface area contributed by atoms with Crippen LogP contribution in [0.1, 0.15) is 31.7 Å². The summed E-state index contributed by atoms with van der Waals surface area (Å²) in [5.74, 6) is 1.29. The molecule has 0 amide bonds. The van der Waals surface area contributed by atoms with Gasteiger partial charge in [-0.1, -0.05) is 36.8 Å². The Balaban J connectivity index is 2.04. The second-order valence-electron chi connectivity index (χ2n) is 6.14. The van der Waals surface area contributed by atoms with Gasteiger partial charge in [-0.3, -0.25) is 0 Å². The summed E-state index contributed by atoms with van der Waals surface area (Å²) in [5.41, 5.74) is 1.38. The summed E-state index contributed by atoms with van der Waals surface area (Å²) >= 11 is 0. The molecule has 0 radical (unpaired) electrons. The molecular formula is C17H25NO. The second kappa shape index (κ2) is 5.26. The van der Waals surface area contributed by atoms with Gasteiger partial charge >= 0.3 is 0 Å². The molecule has 1 aromatic carbocycles. The predicted molar refractivity (Wildman–Crippen MR) is 78.1 cm³/mol. The summed E-state index contributed by atoms with van der Waals surface area (Å²) in [6.07, 6.45) is 3.97. The zero-order valence-corrected chi connectivity index (χ0v) is 12.1. The molecule has 1 aliphatic heterocycles. The summed E-state index contributed by atoms with van der Waals surface area (Å²) < 4.78 is 6.45. The third-order valence-electron chi connectivity index (χ3n) is 4.99. The summed E-state index contributed by atoms with van der Waals surface area (Å²) in [6.45, 7) is 5.29. The number of piperidine rings is 1. The summed E-state index contributed by atoms with van der Waals surface area (Å²) in [4.78, 5) is 2.49. The molecule has 19 heavy (non-hydrogen) atoms. The largest absolute Gasteiger partial charge is 0.370 e. The first-order valence-electron chi connectivity index (χ1n) is 7.65. The van der Waals surface area contributed by atoms with Crippen molar-refractivity contribution in [2.45, 2.75) is 31.8 Å². The standard InChI is InChI=1S/C17H25NO/c1-3-19-17(14-8-5-4-6-9-14)15-10-7-11-16(17)13-18(2)12-15/h4-6,8-9,15-16H,3,7,10-13H2,1-2H3. The molecule has 1 aromatic rings. The predicted octanol–water partition coefficient (Wildman–Crippen LogP) is 3.28. The molecule has 2 fully saturated rings. The number of nitrogens with zero attached hydrogens (tertiary/aromatic N) is 1. The van der Waals surface area contributed by atoms with Crippen LogP contribution in [-0.2, 0) is 10.3 Å². The average molecular weight is 259 g/mol. The van der Waals surface area contributed by atoms with Crippen molar-refractivity contribution in [2.75, 3.05) is 26.7 Å². The van der Waals surface area contributed by atoms with Crippen LogP contribution in [0.25, 0.3) is 0 Å². The fourth-order valence-electron chi connectivity index (χ4n) is 4.38. The van der Waals surface area contributed by atoms with Crippen molar-refractivity contribution in [3.63, 3.8) is 0 Å². The monoisotopic (exact) mass is 259 g/mol. The Morgan fingerprint density at radius 3 is 2.37 bits per heavy atom. The average Bonchev–Trinajstić information content (AvgIpc) is 2.41. The molecular weight excluding hydrogens is 234 g/mol. The summed E-state index contributed by atoms with van der Waals surface area (Å²) in [6, 6.07) is 11.0. The molecule has 0 spiro atoms. The van der Waals surface area contributed by atoms with Crippen molar-refractivity contribution in [1.29, 1.82) is 0 Å². The number of likely N-dealkylation sites (tertiary alicyclic amines) is 1. The van der Waals surface area contributed by atoms with Gasteiger partial charge in [0.15, 0.2) is 0 Å².